The van der Waals surface area contributed by atoms with Gasteiger partial charge >= 0.3 is 0 Å². The van der Waals surface area contributed by atoms with Crippen LogP contribution >= 0.6 is 0 Å². The summed E-state index contributed by atoms with van der Waals surface area (Å²) in [6.07, 6.45) is 4.31. The van der Waals surface area contributed by atoms with Crippen molar-refractivity contribution in [2.45, 2.75) is 6.42 Å². The second-order valence-electron chi connectivity index (χ2n) is 6.88. The minimum absolute atomic E-state index is 0.0556. The van der Waals surface area contributed by atoms with E-state index in [-0.39, 0.29) is 5.84 Å². The van der Waals surface area contributed by atoms with Crippen LogP contribution in [-0.2, 0) is 13.5 Å². The fourth-order valence-electron chi connectivity index (χ4n) is 3.73. The third-order valence-electron chi connectivity index (χ3n) is 5.18. The van der Waals surface area contributed by atoms with E-state index >= 15 is 0 Å². The van der Waals surface area contributed by atoms with E-state index in [2.05, 4.69) is 37.0 Å². The number of aromatic nitrogens is 4. The Morgan fingerprint density at radius 3 is 2.97 bits per heavy atom. The Morgan fingerprint density at radius 2 is 2.10 bits per heavy atom. The molecule has 0 spiro atoms. The SMILES string of the molecule is Cn1ccc2c(-c3noc(Cc4ccc(/C(N)=N/O)c5[nH]ccc45)n3)cccc21. The van der Waals surface area contributed by atoms with Gasteiger partial charge in [0.2, 0.25) is 11.7 Å². The smallest absolute Gasteiger partial charge is 0.231 e. The van der Waals surface area contributed by atoms with E-state index in [1.807, 2.05) is 49.8 Å². The first-order chi connectivity index (χ1) is 14.2. The van der Waals surface area contributed by atoms with Crippen LogP contribution in [0.2, 0.25) is 0 Å². The molecule has 0 aliphatic rings. The average molecular weight is 386 g/mol. The molecule has 8 heteroatoms. The zero-order valence-electron chi connectivity index (χ0n) is 15.6. The highest BCUT2D eigenvalue weighted by atomic mass is 16.5. The summed E-state index contributed by atoms with van der Waals surface area (Å²) in [5.41, 5.74) is 10.3. The molecule has 0 atom stereocenters. The Hall–Kier alpha value is -4.07. The number of aromatic amines is 1. The van der Waals surface area contributed by atoms with Crippen LogP contribution in [-0.4, -0.2) is 30.7 Å². The molecular formula is C21H18N6O2. The molecule has 0 saturated heterocycles. The number of hydrogen-bond acceptors (Lipinski definition) is 5. The summed E-state index contributed by atoms with van der Waals surface area (Å²) in [6.45, 7) is 0. The first kappa shape index (κ1) is 17.1. The maximum absolute atomic E-state index is 8.99. The fraction of sp³-hybridized carbons (Fsp3) is 0.0952. The van der Waals surface area contributed by atoms with Gasteiger partial charge in [-0.1, -0.05) is 28.5 Å². The van der Waals surface area contributed by atoms with Crippen LogP contribution in [0, 0.1) is 0 Å². The molecule has 3 aromatic heterocycles. The van der Waals surface area contributed by atoms with E-state index in [1.54, 1.807) is 0 Å². The molecule has 0 bridgehead atoms. The number of oxime groups is 1. The second-order valence-corrected chi connectivity index (χ2v) is 6.88. The van der Waals surface area contributed by atoms with E-state index < -0.39 is 0 Å². The number of hydrogen-bond donors (Lipinski definition) is 3. The third kappa shape index (κ3) is 2.73. The topological polar surface area (TPSA) is 118 Å². The summed E-state index contributed by atoms with van der Waals surface area (Å²) < 4.78 is 7.60. The van der Waals surface area contributed by atoms with Crippen molar-refractivity contribution in [1.29, 1.82) is 0 Å². The Bertz CT molecular complexity index is 1370. The molecule has 0 radical (unpaired) electrons. The monoisotopic (exact) mass is 386 g/mol. The van der Waals surface area contributed by atoms with Crippen LogP contribution in [0.15, 0.2) is 64.5 Å². The molecule has 0 unspecified atom stereocenters. The maximum Gasteiger partial charge on any atom is 0.231 e. The number of H-pyrrole nitrogens is 1. The molecule has 0 fully saturated rings. The van der Waals surface area contributed by atoms with Crippen molar-refractivity contribution in [2.24, 2.45) is 17.9 Å². The van der Waals surface area contributed by atoms with Gasteiger partial charge in [-0.3, -0.25) is 0 Å². The zero-order chi connectivity index (χ0) is 20.0. The lowest BCUT2D eigenvalue weighted by Gasteiger charge is -2.05. The van der Waals surface area contributed by atoms with Crippen LogP contribution in [0.25, 0.3) is 33.2 Å². The number of nitrogens with one attached hydrogen (secondary N) is 1. The molecule has 0 aliphatic heterocycles. The van der Waals surface area contributed by atoms with Crippen molar-refractivity contribution in [3.8, 4) is 11.4 Å². The third-order valence-corrected chi connectivity index (χ3v) is 5.18. The van der Waals surface area contributed by atoms with E-state index in [0.29, 0.717) is 23.7 Å². The number of aryl methyl sites for hydroxylation is 1. The zero-order valence-corrected chi connectivity index (χ0v) is 15.6. The number of fused-ring (bicyclic) bond motifs is 2. The first-order valence-corrected chi connectivity index (χ1v) is 9.09. The highest BCUT2D eigenvalue weighted by molar-refractivity contribution is 6.08. The van der Waals surface area contributed by atoms with Crippen molar-refractivity contribution in [3.05, 3.63) is 71.9 Å². The molecule has 3 heterocycles. The summed E-state index contributed by atoms with van der Waals surface area (Å²) in [7, 11) is 2.01. The molecule has 5 rings (SSSR count). The molecule has 5 aromatic rings. The van der Waals surface area contributed by atoms with Crippen molar-refractivity contribution in [1.82, 2.24) is 19.7 Å². The van der Waals surface area contributed by atoms with Crippen LogP contribution in [0.4, 0.5) is 0 Å². The fourth-order valence-corrected chi connectivity index (χ4v) is 3.73. The largest absolute Gasteiger partial charge is 0.409 e. The predicted octanol–water partition coefficient (Wildman–Crippen LogP) is 3.39. The van der Waals surface area contributed by atoms with Crippen molar-refractivity contribution < 1.29 is 9.73 Å². The lowest BCUT2D eigenvalue weighted by atomic mass is 10.0. The van der Waals surface area contributed by atoms with Gasteiger partial charge in [-0.25, -0.2) is 0 Å². The van der Waals surface area contributed by atoms with Gasteiger partial charge in [-0.15, -0.1) is 0 Å². The average Bonchev–Trinajstić information content (AvgIpc) is 3.48. The van der Waals surface area contributed by atoms with E-state index in [1.165, 1.54) is 0 Å². The molecule has 0 saturated carbocycles. The quantitative estimate of drug-likeness (QED) is 0.189. The molecule has 4 N–H and O–H groups in total. The predicted molar refractivity (Wildman–Crippen MR) is 110 cm³/mol. The summed E-state index contributed by atoms with van der Waals surface area (Å²) in [4.78, 5) is 7.76. The highest BCUT2D eigenvalue weighted by Gasteiger charge is 2.16. The van der Waals surface area contributed by atoms with Gasteiger partial charge in [0.25, 0.3) is 0 Å². The lowest BCUT2D eigenvalue weighted by molar-refractivity contribution is 0.318. The van der Waals surface area contributed by atoms with E-state index in [9.17, 15) is 0 Å². The maximum atomic E-state index is 8.99. The molecule has 29 heavy (non-hydrogen) atoms. The van der Waals surface area contributed by atoms with Crippen molar-refractivity contribution >= 4 is 27.6 Å². The molecule has 0 amide bonds. The Balaban J connectivity index is 1.52. The van der Waals surface area contributed by atoms with Crippen LogP contribution < -0.4 is 5.73 Å². The van der Waals surface area contributed by atoms with Gasteiger partial charge in [-0.05, 0) is 29.8 Å². The minimum atomic E-state index is 0.0556. The summed E-state index contributed by atoms with van der Waals surface area (Å²) >= 11 is 0. The van der Waals surface area contributed by atoms with Gasteiger partial charge < -0.3 is 25.0 Å². The minimum Gasteiger partial charge on any atom is -0.409 e. The van der Waals surface area contributed by atoms with Crippen LogP contribution in [0.3, 0.4) is 0 Å². The summed E-state index contributed by atoms with van der Waals surface area (Å²) in [5.74, 6) is 1.14. The first-order valence-electron chi connectivity index (χ1n) is 9.09. The number of rotatable bonds is 4. The Morgan fingerprint density at radius 1 is 1.21 bits per heavy atom. The van der Waals surface area contributed by atoms with Gasteiger partial charge in [0.1, 0.15) is 0 Å². The summed E-state index contributed by atoms with van der Waals surface area (Å²) in [5, 5.41) is 18.3. The molecule has 2 aromatic carbocycles. The van der Waals surface area contributed by atoms with Gasteiger partial charge in [0, 0.05) is 46.9 Å². The van der Waals surface area contributed by atoms with Gasteiger partial charge in [-0.2, -0.15) is 4.98 Å². The highest BCUT2D eigenvalue weighted by Crippen LogP contribution is 2.28. The van der Waals surface area contributed by atoms with E-state index in [0.717, 1.165) is 32.9 Å². The standard InChI is InChI=1S/C21H18N6O2/c1-27-10-8-14-15(3-2-4-17(14)27)21-24-18(29-26-21)11-12-5-6-16(20(22)25-28)19-13(12)7-9-23-19/h2-10,23,28H,11H2,1H3,(H2,22,25). The molecule has 8 nitrogen and oxygen atoms in total. The number of benzene rings is 2. The lowest BCUT2D eigenvalue weighted by Crippen LogP contribution is -2.13. The Labute approximate surface area is 165 Å². The second kappa shape index (κ2) is 6.52. The van der Waals surface area contributed by atoms with E-state index in [4.69, 9.17) is 15.5 Å². The van der Waals surface area contributed by atoms with Gasteiger partial charge in [0.15, 0.2) is 5.84 Å². The van der Waals surface area contributed by atoms with Crippen molar-refractivity contribution in [2.75, 3.05) is 0 Å². The molecule has 0 aliphatic carbocycles. The number of nitrogens with two attached hydrogens (primary N) is 1. The van der Waals surface area contributed by atoms with Crippen LogP contribution in [0.1, 0.15) is 17.0 Å². The number of amidine groups is 1. The summed E-state index contributed by atoms with van der Waals surface area (Å²) in [6, 6.07) is 13.8. The van der Waals surface area contributed by atoms with Crippen LogP contribution in [0.5, 0.6) is 0 Å². The molecular weight excluding hydrogens is 368 g/mol. The van der Waals surface area contributed by atoms with Crippen molar-refractivity contribution in [3.63, 3.8) is 0 Å². The van der Waals surface area contributed by atoms with Gasteiger partial charge in [0.05, 0.1) is 11.9 Å². The Kier molecular flexibility index (Phi) is 3.83. The number of nitrogens with zero attached hydrogens (tertiary/aromatic N) is 4. The molecule has 144 valence electrons. The normalized spacial score (nSPS) is 12.2.